The quantitative estimate of drug-likeness (QED) is 0.0955. The molecule has 0 aliphatic carbocycles. The van der Waals surface area contributed by atoms with E-state index in [1.807, 2.05) is 0 Å². The first-order valence-electron chi connectivity index (χ1n) is 25.9. The van der Waals surface area contributed by atoms with Gasteiger partial charge >= 0.3 is 0 Å². The van der Waals surface area contributed by atoms with Crippen LogP contribution in [0.5, 0.6) is 0 Å². The fraction of sp³-hybridized carbons (Fsp3) is 0. The molecule has 0 aliphatic rings. The van der Waals surface area contributed by atoms with Crippen LogP contribution in [0, 0.1) is 0 Å². The summed E-state index contributed by atoms with van der Waals surface area (Å²) in [6, 6.07) is 113. The van der Waals surface area contributed by atoms with Gasteiger partial charge in [-0.25, -0.2) is 0 Å². The Morgan fingerprint density at radius 3 is 1.17 bits per heavy atom. The van der Waals surface area contributed by atoms with E-state index in [4.69, 9.17) is 0 Å². The molecule has 0 fully saturated rings. The average molecular weight is 971 g/mol. The third-order valence-corrected chi connectivity index (χ3v) is 20.2. The van der Waals surface area contributed by atoms with E-state index in [1.165, 1.54) is 86.7 Å². The predicted octanol–water partition coefficient (Wildman–Crippen LogP) is 15.9. The van der Waals surface area contributed by atoms with Gasteiger partial charge in [-0.15, -0.1) is 0 Å². The molecule has 0 spiro atoms. The summed E-state index contributed by atoms with van der Waals surface area (Å²) in [6.07, 6.45) is 0. The number of rotatable bonds is 10. The Morgan fingerprint density at radius 2 is 0.627 bits per heavy atom. The van der Waals surface area contributed by atoms with Crippen LogP contribution in [-0.4, -0.2) is 17.2 Å². The van der Waals surface area contributed by atoms with Crippen LogP contribution >= 0.6 is 0 Å². The molecule has 14 aromatic rings. The van der Waals surface area contributed by atoms with Crippen LogP contribution in [0.1, 0.15) is 0 Å². The lowest BCUT2D eigenvalue weighted by Crippen LogP contribution is -2.74. The number of hydrogen-bond acceptors (Lipinski definition) is 0. The molecule has 2 heterocycles. The summed E-state index contributed by atoms with van der Waals surface area (Å²) in [5.41, 5.74) is 16.5. The van der Waals surface area contributed by atoms with Crippen molar-refractivity contribution in [2.45, 2.75) is 0 Å². The standard InChI is InChI=1S/C72H50N2Si/c1-7-24-51(25-8-1)52-42-45-59(46-43-52)75(57-32-15-5-16-33-57,58-34-17-6-18-35-58)60-49-65(54-28-11-3-12-29-54)72(66(50-60)55-30-13-4-14-31-55)74-69-41-22-20-37-63(69)67-48-56(44-47-70(67)74)73-68-40-21-19-36-62(68)64-39-23-38-61(71(64)73)53-26-9-2-10-27-53/h1-50H. The van der Waals surface area contributed by atoms with Gasteiger partial charge in [0.1, 0.15) is 0 Å². The van der Waals surface area contributed by atoms with Gasteiger partial charge in [0.25, 0.3) is 0 Å². The number of hydrogen-bond donors (Lipinski definition) is 0. The topological polar surface area (TPSA) is 9.86 Å². The van der Waals surface area contributed by atoms with Crippen molar-refractivity contribution in [3.63, 3.8) is 0 Å². The molecule has 2 aromatic heterocycles. The third-order valence-electron chi connectivity index (χ3n) is 15.5. The van der Waals surface area contributed by atoms with Crippen molar-refractivity contribution in [2.75, 3.05) is 0 Å². The van der Waals surface area contributed by atoms with E-state index in [0.717, 1.165) is 33.5 Å². The minimum atomic E-state index is -3.09. The third kappa shape index (κ3) is 7.31. The first-order valence-corrected chi connectivity index (χ1v) is 27.9. The monoisotopic (exact) mass is 970 g/mol. The van der Waals surface area contributed by atoms with Gasteiger partial charge in [0, 0.05) is 43.9 Å². The maximum absolute atomic E-state index is 3.09. The van der Waals surface area contributed by atoms with Gasteiger partial charge in [0.2, 0.25) is 0 Å². The number of fused-ring (bicyclic) bond motifs is 6. The van der Waals surface area contributed by atoms with E-state index in [0.29, 0.717) is 0 Å². The Morgan fingerprint density at radius 1 is 0.227 bits per heavy atom. The zero-order valence-corrected chi connectivity index (χ0v) is 42.3. The molecular weight excluding hydrogens is 921 g/mol. The first-order chi connectivity index (χ1) is 37.2. The minimum absolute atomic E-state index is 1.13. The predicted molar refractivity (Wildman–Crippen MR) is 320 cm³/mol. The average Bonchev–Trinajstić information content (AvgIpc) is 4.04. The molecule has 14 rings (SSSR count). The Balaban J connectivity index is 1.08. The van der Waals surface area contributed by atoms with Crippen LogP contribution in [-0.2, 0) is 0 Å². The molecule has 0 aliphatic heterocycles. The van der Waals surface area contributed by atoms with Gasteiger partial charge < -0.3 is 9.13 Å². The second-order valence-corrected chi connectivity index (χ2v) is 23.4. The zero-order valence-electron chi connectivity index (χ0n) is 41.3. The summed E-state index contributed by atoms with van der Waals surface area (Å²) in [7, 11) is -3.09. The van der Waals surface area contributed by atoms with E-state index >= 15 is 0 Å². The Labute approximate surface area is 438 Å². The first kappa shape index (κ1) is 44.2. The van der Waals surface area contributed by atoms with Crippen LogP contribution < -0.4 is 20.7 Å². The van der Waals surface area contributed by atoms with E-state index in [-0.39, 0.29) is 0 Å². The van der Waals surface area contributed by atoms with Gasteiger partial charge in [0.15, 0.2) is 8.07 Å². The molecule has 0 radical (unpaired) electrons. The number of para-hydroxylation sites is 3. The largest absolute Gasteiger partial charge is 0.309 e. The SMILES string of the molecule is c1ccc(-c2ccc([Si](c3ccccc3)(c3ccccc3)c3cc(-c4ccccc4)c(-n4c5ccccc5c5cc(-n6c7ccccc7c7cccc(-c8ccccc8)c76)ccc54)c(-c4ccccc4)c3)cc2)cc1. The van der Waals surface area contributed by atoms with Crippen LogP contribution in [0.25, 0.3) is 99.5 Å². The molecule has 0 N–H and O–H groups in total. The maximum Gasteiger partial charge on any atom is 0.179 e. The molecular formula is C72H50N2Si. The Kier molecular flexibility index (Phi) is 10.9. The summed E-state index contributed by atoms with van der Waals surface area (Å²) < 4.78 is 5.05. The molecule has 2 nitrogen and oxygen atoms in total. The number of aromatic nitrogens is 2. The molecule has 0 atom stereocenters. The second kappa shape index (κ2) is 18.5. The van der Waals surface area contributed by atoms with Gasteiger partial charge in [-0.2, -0.15) is 0 Å². The van der Waals surface area contributed by atoms with Crippen molar-refractivity contribution in [2.24, 2.45) is 0 Å². The Bertz CT molecular complexity index is 4250. The van der Waals surface area contributed by atoms with Crippen LogP contribution in [0.4, 0.5) is 0 Å². The number of benzene rings is 12. The summed E-state index contributed by atoms with van der Waals surface area (Å²) >= 11 is 0. The van der Waals surface area contributed by atoms with Gasteiger partial charge in [0.05, 0.1) is 27.8 Å². The highest BCUT2D eigenvalue weighted by atomic mass is 28.3. The second-order valence-electron chi connectivity index (χ2n) is 19.6. The molecule has 0 unspecified atom stereocenters. The van der Waals surface area contributed by atoms with E-state index in [2.05, 4.69) is 312 Å². The normalized spacial score (nSPS) is 11.7. The van der Waals surface area contributed by atoms with E-state index < -0.39 is 8.07 Å². The molecule has 0 amide bonds. The van der Waals surface area contributed by atoms with Crippen molar-refractivity contribution >= 4 is 72.4 Å². The lowest BCUT2D eigenvalue weighted by atomic mass is 9.95. The van der Waals surface area contributed by atoms with Crippen LogP contribution in [0.15, 0.2) is 303 Å². The lowest BCUT2D eigenvalue weighted by Gasteiger charge is -2.36. The molecule has 12 aromatic carbocycles. The minimum Gasteiger partial charge on any atom is -0.309 e. The van der Waals surface area contributed by atoms with Crippen LogP contribution in [0.3, 0.4) is 0 Å². The van der Waals surface area contributed by atoms with Gasteiger partial charge in [-0.1, -0.05) is 273 Å². The van der Waals surface area contributed by atoms with Crippen molar-refractivity contribution in [1.29, 1.82) is 0 Å². The smallest absolute Gasteiger partial charge is 0.179 e. The summed E-state index contributed by atoms with van der Waals surface area (Å²) in [4.78, 5) is 0. The van der Waals surface area contributed by atoms with Gasteiger partial charge in [-0.3, -0.25) is 0 Å². The molecule has 352 valence electrons. The molecule has 75 heavy (non-hydrogen) atoms. The molecule has 0 saturated carbocycles. The highest BCUT2D eigenvalue weighted by Crippen LogP contribution is 2.44. The lowest BCUT2D eigenvalue weighted by molar-refractivity contribution is 1.17. The van der Waals surface area contributed by atoms with E-state index in [1.54, 1.807) is 0 Å². The molecule has 3 heteroatoms. The summed E-state index contributed by atoms with van der Waals surface area (Å²) in [5.74, 6) is 0. The van der Waals surface area contributed by atoms with Crippen molar-refractivity contribution in [3.05, 3.63) is 303 Å². The van der Waals surface area contributed by atoms with Crippen molar-refractivity contribution < 1.29 is 0 Å². The zero-order chi connectivity index (χ0) is 49.7. The van der Waals surface area contributed by atoms with Crippen molar-refractivity contribution in [3.8, 4) is 55.9 Å². The molecule has 0 saturated heterocycles. The highest BCUT2D eigenvalue weighted by molar-refractivity contribution is 7.20. The Hall–Kier alpha value is -9.54. The summed E-state index contributed by atoms with van der Waals surface area (Å²) in [5, 5.41) is 10.2. The maximum atomic E-state index is 2.56. The number of nitrogens with zero attached hydrogens (tertiary/aromatic N) is 2. The van der Waals surface area contributed by atoms with Crippen LogP contribution in [0.2, 0.25) is 0 Å². The van der Waals surface area contributed by atoms with Crippen molar-refractivity contribution in [1.82, 2.24) is 9.13 Å². The fourth-order valence-corrected chi connectivity index (χ4v) is 16.9. The van der Waals surface area contributed by atoms with E-state index in [9.17, 15) is 0 Å². The highest BCUT2D eigenvalue weighted by Gasteiger charge is 2.42. The van der Waals surface area contributed by atoms with Gasteiger partial charge in [-0.05, 0) is 78.9 Å². The summed E-state index contributed by atoms with van der Waals surface area (Å²) in [6.45, 7) is 0. The molecule has 0 bridgehead atoms. The fourth-order valence-electron chi connectivity index (χ4n) is 12.2.